The average molecular weight is 411 g/mol. The van der Waals surface area contributed by atoms with E-state index in [0.717, 1.165) is 34.3 Å². The number of fused-ring (bicyclic) bond motifs is 3. The number of ether oxygens (including phenoxy) is 2. The molecule has 0 saturated carbocycles. The quantitative estimate of drug-likeness (QED) is 0.430. The Balaban J connectivity index is 1.68. The van der Waals surface area contributed by atoms with Crippen molar-refractivity contribution in [3.63, 3.8) is 0 Å². The second-order valence-electron chi connectivity index (χ2n) is 7.53. The highest BCUT2D eigenvalue weighted by molar-refractivity contribution is 5.86. The number of nitrogens with zero attached hydrogens (tertiary/aromatic N) is 1. The predicted molar refractivity (Wildman–Crippen MR) is 110 cm³/mol. The van der Waals surface area contributed by atoms with Gasteiger partial charge in [0.25, 0.3) is 0 Å². The van der Waals surface area contributed by atoms with E-state index in [0.29, 0.717) is 44.2 Å². The van der Waals surface area contributed by atoms with Crippen LogP contribution >= 0.6 is 0 Å². The van der Waals surface area contributed by atoms with Crippen molar-refractivity contribution in [2.24, 2.45) is 0 Å². The third kappa shape index (κ3) is 4.26. The summed E-state index contributed by atoms with van der Waals surface area (Å²) in [5.74, 6) is 1.30. The number of carbonyl (C=O) groups excluding carboxylic acids is 1. The van der Waals surface area contributed by atoms with E-state index >= 15 is 0 Å². The molecule has 0 amide bonds. The first-order valence-corrected chi connectivity index (χ1v) is 10.2. The third-order valence-corrected chi connectivity index (χ3v) is 5.16. The van der Waals surface area contributed by atoms with Crippen LogP contribution in [0.3, 0.4) is 0 Å². The lowest BCUT2D eigenvalue weighted by Gasteiger charge is -2.30. The standard InChI is InChI=1S/C23H25NO6/c1-3-8-28-20(25)7-6-16-11-18-15(2)10-21(26)30-23(18)19-13-24(14-29-22(16)19)12-17-5-4-9-27-17/h4-5,9-11H,3,6-8,12-14H2,1-2H3. The molecule has 1 aliphatic rings. The summed E-state index contributed by atoms with van der Waals surface area (Å²) in [6, 6.07) is 7.21. The van der Waals surface area contributed by atoms with Crippen molar-refractivity contribution in [3.8, 4) is 5.75 Å². The average Bonchev–Trinajstić information content (AvgIpc) is 3.24. The largest absolute Gasteiger partial charge is 0.477 e. The number of benzene rings is 1. The lowest BCUT2D eigenvalue weighted by atomic mass is 9.97. The Morgan fingerprint density at radius 3 is 2.93 bits per heavy atom. The lowest BCUT2D eigenvalue weighted by Crippen LogP contribution is -2.32. The van der Waals surface area contributed by atoms with Crippen LogP contribution in [0.2, 0.25) is 0 Å². The van der Waals surface area contributed by atoms with Crippen molar-refractivity contribution in [3.05, 3.63) is 63.4 Å². The molecule has 1 aromatic carbocycles. The van der Waals surface area contributed by atoms with Gasteiger partial charge in [0.2, 0.25) is 0 Å². The Bertz CT molecular complexity index is 1100. The maximum Gasteiger partial charge on any atom is 0.336 e. The van der Waals surface area contributed by atoms with Crippen LogP contribution in [0.15, 0.2) is 44.2 Å². The summed E-state index contributed by atoms with van der Waals surface area (Å²) in [5.41, 5.74) is 2.73. The smallest absolute Gasteiger partial charge is 0.336 e. The first-order chi connectivity index (χ1) is 14.5. The normalized spacial score (nSPS) is 13.8. The van der Waals surface area contributed by atoms with Gasteiger partial charge in [0.05, 0.1) is 25.0 Å². The van der Waals surface area contributed by atoms with E-state index in [1.807, 2.05) is 32.0 Å². The summed E-state index contributed by atoms with van der Waals surface area (Å²) >= 11 is 0. The summed E-state index contributed by atoms with van der Waals surface area (Å²) in [6.45, 7) is 5.78. The second-order valence-corrected chi connectivity index (χ2v) is 7.53. The summed E-state index contributed by atoms with van der Waals surface area (Å²) in [7, 11) is 0. The molecule has 30 heavy (non-hydrogen) atoms. The monoisotopic (exact) mass is 411 g/mol. The Kier molecular flexibility index (Phi) is 5.90. The molecule has 4 rings (SSSR count). The molecule has 0 fully saturated rings. The van der Waals surface area contributed by atoms with Gasteiger partial charge in [-0.2, -0.15) is 0 Å². The number of hydrogen-bond donors (Lipinski definition) is 0. The Morgan fingerprint density at radius 1 is 1.30 bits per heavy atom. The van der Waals surface area contributed by atoms with Crippen molar-refractivity contribution < 1.29 is 23.1 Å². The predicted octanol–water partition coefficient (Wildman–Crippen LogP) is 3.93. The molecule has 7 heteroatoms. The summed E-state index contributed by atoms with van der Waals surface area (Å²) in [4.78, 5) is 26.1. The van der Waals surface area contributed by atoms with Crippen molar-refractivity contribution in [2.75, 3.05) is 13.3 Å². The molecule has 3 heterocycles. The van der Waals surface area contributed by atoms with Gasteiger partial charge in [-0.15, -0.1) is 0 Å². The van der Waals surface area contributed by atoms with E-state index < -0.39 is 0 Å². The Morgan fingerprint density at radius 2 is 2.17 bits per heavy atom. The number of esters is 1. The molecule has 0 atom stereocenters. The van der Waals surface area contributed by atoms with Crippen LogP contribution < -0.4 is 10.4 Å². The van der Waals surface area contributed by atoms with Gasteiger partial charge < -0.3 is 18.3 Å². The Hall–Kier alpha value is -3.06. The minimum absolute atomic E-state index is 0.225. The fourth-order valence-electron chi connectivity index (χ4n) is 3.74. The molecule has 0 saturated heterocycles. The topological polar surface area (TPSA) is 82.1 Å². The number of rotatable bonds is 7. The molecule has 0 spiro atoms. The van der Waals surface area contributed by atoms with E-state index in [1.54, 1.807) is 6.26 Å². The molecule has 0 bridgehead atoms. The SMILES string of the molecule is CCCOC(=O)CCc1cc2c(C)cc(=O)oc2c2c1OCN(Cc1ccco1)C2. The Labute approximate surface area is 174 Å². The van der Waals surface area contributed by atoms with Crippen molar-refractivity contribution >= 4 is 16.9 Å². The van der Waals surface area contributed by atoms with Crippen LogP contribution in [0.25, 0.3) is 11.0 Å². The van der Waals surface area contributed by atoms with Gasteiger partial charge in [0, 0.05) is 24.4 Å². The summed E-state index contributed by atoms with van der Waals surface area (Å²) in [6.07, 6.45) is 3.20. The highest BCUT2D eigenvalue weighted by Crippen LogP contribution is 2.37. The molecular weight excluding hydrogens is 386 g/mol. The molecule has 0 unspecified atom stereocenters. The van der Waals surface area contributed by atoms with Crippen LogP contribution in [0, 0.1) is 6.92 Å². The van der Waals surface area contributed by atoms with Crippen LogP contribution in [0.1, 0.15) is 42.2 Å². The molecule has 3 aromatic rings. The van der Waals surface area contributed by atoms with E-state index in [-0.39, 0.29) is 18.0 Å². The zero-order valence-electron chi connectivity index (χ0n) is 17.2. The third-order valence-electron chi connectivity index (χ3n) is 5.16. The van der Waals surface area contributed by atoms with Gasteiger partial charge in [0.15, 0.2) is 0 Å². The van der Waals surface area contributed by atoms with Crippen LogP contribution in [0.5, 0.6) is 5.75 Å². The van der Waals surface area contributed by atoms with Gasteiger partial charge in [0.1, 0.15) is 23.8 Å². The summed E-state index contributed by atoms with van der Waals surface area (Å²) < 4.78 is 22.3. The van der Waals surface area contributed by atoms with E-state index in [4.69, 9.17) is 18.3 Å². The molecule has 0 radical (unpaired) electrons. The van der Waals surface area contributed by atoms with E-state index in [1.165, 1.54) is 6.07 Å². The molecule has 2 aromatic heterocycles. The molecule has 158 valence electrons. The fourth-order valence-corrected chi connectivity index (χ4v) is 3.74. The minimum atomic E-state index is -0.388. The summed E-state index contributed by atoms with van der Waals surface area (Å²) in [5, 5.41) is 0.855. The van der Waals surface area contributed by atoms with Crippen LogP contribution in [-0.2, 0) is 29.0 Å². The van der Waals surface area contributed by atoms with Gasteiger partial charge in [-0.25, -0.2) is 4.79 Å². The molecule has 7 nitrogen and oxygen atoms in total. The van der Waals surface area contributed by atoms with Crippen molar-refractivity contribution in [2.45, 2.75) is 46.2 Å². The van der Waals surface area contributed by atoms with E-state index in [9.17, 15) is 9.59 Å². The highest BCUT2D eigenvalue weighted by atomic mass is 16.5. The maximum atomic E-state index is 12.0. The molecular formula is C23H25NO6. The highest BCUT2D eigenvalue weighted by Gasteiger charge is 2.26. The second kappa shape index (κ2) is 8.75. The zero-order chi connectivity index (χ0) is 21.1. The van der Waals surface area contributed by atoms with Gasteiger partial charge >= 0.3 is 11.6 Å². The number of aryl methyl sites for hydroxylation is 2. The molecule has 0 aliphatic carbocycles. The first-order valence-electron chi connectivity index (χ1n) is 10.2. The van der Waals surface area contributed by atoms with Gasteiger partial charge in [-0.1, -0.05) is 6.92 Å². The first kappa shape index (κ1) is 20.2. The maximum absolute atomic E-state index is 12.0. The van der Waals surface area contributed by atoms with Crippen LogP contribution in [0.4, 0.5) is 0 Å². The van der Waals surface area contributed by atoms with Gasteiger partial charge in [-0.05, 0) is 49.1 Å². The molecule has 0 N–H and O–H groups in total. The number of hydrogen-bond acceptors (Lipinski definition) is 7. The zero-order valence-corrected chi connectivity index (χ0v) is 17.2. The molecule has 1 aliphatic heterocycles. The fraction of sp³-hybridized carbons (Fsp3) is 0.391. The van der Waals surface area contributed by atoms with Crippen LogP contribution in [-0.4, -0.2) is 24.2 Å². The van der Waals surface area contributed by atoms with Gasteiger partial charge in [-0.3, -0.25) is 9.69 Å². The minimum Gasteiger partial charge on any atom is -0.477 e. The van der Waals surface area contributed by atoms with Crippen molar-refractivity contribution in [1.82, 2.24) is 4.90 Å². The van der Waals surface area contributed by atoms with E-state index in [2.05, 4.69) is 4.90 Å². The lowest BCUT2D eigenvalue weighted by molar-refractivity contribution is -0.143. The van der Waals surface area contributed by atoms with Crippen molar-refractivity contribution in [1.29, 1.82) is 0 Å². The number of carbonyl (C=O) groups is 1. The number of furan rings is 1.